The summed E-state index contributed by atoms with van der Waals surface area (Å²) in [6, 6.07) is 18.5. The van der Waals surface area contributed by atoms with E-state index in [4.69, 9.17) is 15.4 Å². The predicted molar refractivity (Wildman–Crippen MR) is 127 cm³/mol. The van der Waals surface area contributed by atoms with E-state index in [0.717, 1.165) is 70.6 Å². The van der Waals surface area contributed by atoms with Crippen LogP contribution in [0, 0.1) is 0 Å². The van der Waals surface area contributed by atoms with Gasteiger partial charge in [-0.1, -0.05) is 59.8 Å². The standard InChI is InChI=1S/C25H23N7O/c26-24-21-23(30-32(25(21)29-15-28-24)19-10-12-27-13-11-19)18-8-6-16(7-9-18)20-14-33-31-22(20)17-4-2-1-3-5-17/h1-9,14-15,19,27H,10-13H2,(H2,26,28,29). The van der Waals surface area contributed by atoms with Crippen molar-refractivity contribution in [1.29, 1.82) is 0 Å². The number of fused-ring (bicyclic) bond motifs is 1. The summed E-state index contributed by atoms with van der Waals surface area (Å²) >= 11 is 0. The maximum atomic E-state index is 6.29. The van der Waals surface area contributed by atoms with Gasteiger partial charge < -0.3 is 15.6 Å². The fourth-order valence-corrected chi connectivity index (χ4v) is 4.56. The maximum Gasteiger partial charge on any atom is 0.164 e. The van der Waals surface area contributed by atoms with Crippen LogP contribution in [0.4, 0.5) is 5.82 Å². The van der Waals surface area contributed by atoms with Crippen molar-refractivity contribution in [3.05, 3.63) is 67.2 Å². The van der Waals surface area contributed by atoms with Gasteiger partial charge in [0.2, 0.25) is 0 Å². The SMILES string of the molecule is Nc1ncnc2c1c(-c1ccc(-c3conc3-c3ccccc3)cc1)nn2C1CCNCC1. The minimum Gasteiger partial charge on any atom is -0.383 e. The van der Waals surface area contributed by atoms with Crippen molar-refractivity contribution in [2.45, 2.75) is 18.9 Å². The van der Waals surface area contributed by atoms with Gasteiger partial charge in [0.15, 0.2) is 5.65 Å². The largest absolute Gasteiger partial charge is 0.383 e. The van der Waals surface area contributed by atoms with E-state index in [0.29, 0.717) is 11.9 Å². The number of anilines is 1. The molecule has 0 bridgehead atoms. The van der Waals surface area contributed by atoms with Crippen LogP contribution in [0.15, 0.2) is 71.7 Å². The molecule has 8 nitrogen and oxygen atoms in total. The van der Waals surface area contributed by atoms with Crippen molar-refractivity contribution >= 4 is 16.9 Å². The molecule has 3 aromatic heterocycles. The monoisotopic (exact) mass is 437 g/mol. The van der Waals surface area contributed by atoms with Crippen LogP contribution in [0.5, 0.6) is 0 Å². The second kappa shape index (κ2) is 8.14. The van der Waals surface area contributed by atoms with Gasteiger partial charge in [0.25, 0.3) is 0 Å². The Labute approximate surface area is 190 Å². The molecule has 5 aromatic rings. The Kier molecular flexibility index (Phi) is 4.84. The van der Waals surface area contributed by atoms with E-state index in [1.165, 1.54) is 6.33 Å². The second-order valence-electron chi connectivity index (χ2n) is 8.25. The molecule has 4 heterocycles. The number of hydrogen-bond acceptors (Lipinski definition) is 7. The highest BCUT2D eigenvalue weighted by Crippen LogP contribution is 2.36. The smallest absolute Gasteiger partial charge is 0.164 e. The first-order valence-corrected chi connectivity index (χ1v) is 11.1. The summed E-state index contributed by atoms with van der Waals surface area (Å²) in [6.45, 7) is 1.94. The summed E-state index contributed by atoms with van der Waals surface area (Å²) in [7, 11) is 0. The summed E-state index contributed by atoms with van der Waals surface area (Å²) in [6.07, 6.45) is 5.22. The van der Waals surface area contributed by atoms with Gasteiger partial charge in [0.05, 0.1) is 11.4 Å². The topological polar surface area (TPSA) is 108 Å². The highest BCUT2D eigenvalue weighted by molar-refractivity contribution is 5.98. The predicted octanol–water partition coefficient (Wildman–Crippen LogP) is 4.32. The Hall–Kier alpha value is -4.04. The summed E-state index contributed by atoms with van der Waals surface area (Å²) < 4.78 is 7.34. The zero-order valence-corrected chi connectivity index (χ0v) is 18.0. The van der Waals surface area contributed by atoms with Gasteiger partial charge in [-0.25, -0.2) is 14.6 Å². The first kappa shape index (κ1) is 19.6. The van der Waals surface area contributed by atoms with Crippen molar-refractivity contribution in [3.8, 4) is 33.6 Å². The molecule has 1 saturated heterocycles. The highest BCUT2D eigenvalue weighted by atomic mass is 16.5. The van der Waals surface area contributed by atoms with Gasteiger partial charge >= 0.3 is 0 Å². The van der Waals surface area contributed by atoms with Crippen LogP contribution >= 0.6 is 0 Å². The lowest BCUT2D eigenvalue weighted by molar-refractivity contribution is 0.350. The summed E-state index contributed by atoms with van der Waals surface area (Å²) in [5.74, 6) is 0.449. The number of hydrogen-bond donors (Lipinski definition) is 2. The minimum absolute atomic E-state index is 0.293. The van der Waals surface area contributed by atoms with Crippen LogP contribution < -0.4 is 11.1 Å². The molecule has 0 saturated carbocycles. The van der Waals surface area contributed by atoms with Crippen molar-refractivity contribution in [2.24, 2.45) is 0 Å². The Morgan fingerprint density at radius 2 is 1.61 bits per heavy atom. The number of nitrogens with two attached hydrogens (primary N) is 1. The number of nitrogens with one attached hydrogen (secondary N) is 1. The first-order chi connectivity index (χ1) is 16.3. The molecule has 1 aliphatic rings. The van der Waals surface area contributed by atoms with Gasteiger partial charge in [0, 0.05) is 16.7 Å². The lowest BCUT2D eigenvalue weighted by Crippen LogP contribution is -2.30. The lowest BCUT2D eigenvalue weighted by atomic mass is 10.00. The third-order valence-corrected chi connectivity index (χ3v) is 6.26. The Bertz CT molecular complexity index is 1400. The normalized spacial score (nSPS) is 14.7. The van der Waals surface area contributed by atoms with Crippen LogP contribution in [0.3, 0.4) is 0 Å². The Morgan fingerprint density at radius 3 is 2.39 bits per heavy atom. The maximum absolute atomic E-state index is 6.29. The van der Waals surface area contributed by atoms with Gasteiger partial charge in [-0.2, -0.15) is 5.10 Å². The van der Waals surface area contributed by atoms with Gasteiger partial charge in [-0.05, 0) is 31.5 Å². The molecule has 6 rings (SSSR count). The molecule has 0 unspecified atom stereocenters. The van der Waals surface area contributed by atoms with E-state index >= 15 is 0 Å². The molecule has 164 valence electrons. The molecule has 1 fully saturated rings. The number of rotatable bonds is 4. The lowest BCUT2D eigenvalue weighted by Gasteiger charge is -2.23. The molecule has 0 spiro atoms. The molecule has 0 radical (unpaired) electrons. The molecule has 8 heteroatoms. The minimum atomic E-state index is 0.293. The molecule has 2 aromatic carbocycles. The van der Waals surface area contributed by atoms with Crippen molar-refractivity contribution in [1.82, 2.24) is 30.2 Å². The number of aromatic nitrogens is 5. The molecule has 0 aliphatic carbocycles. The van der Waals surface area contributed by atoms with Crippen LogP contribution in [-0.4, -0.2) is 38.0 Å². The number of piperidine rings is 1. The fraction of sp³-hybridized carbons (Fsp3) is 0.200. The zero-order chi connectivity index (χ0) is 22.2. The number of benzene rings is 2. The van der Waals surface area contributed by atoms with Gasteiger partial charge in [0.1, 0.15) is 29.8 Å². The second-order valence-corrected chi connectivity index (χ2v) is 8.25. The number of nitrogens with zero attached hydrogens (tertiary/aromatic N) is 5. The Balaban J connectivity index is 1.41. The van der Waals surface area contributed by atoms with Gasteiger partial charge in [-0.15, -0.1) is 0 Å². The first-order valence-electron chi connectivity index (χ1n) is 11.1. The van der Waals surface area contributed by atoms with Crippen molar-refractivity contribution in [3.63, 3.8) is 0 Å². The summed E-state index contributed by atoms with van der Waals surface area (Å²) in [5, 5.41) is 13.4. The van der Waals surface area contributed by atoms with Crippen molar-refractivity contribution < 1.29 is 4.52 Å². The van der Waals surface area contributed by atoms with E-state index in [2.05, 4.69) is 44.7 Å². The van der Waals surface area contributed by atoms with E-state index < -0.39 is 0 Å². The quantitative estimate of drug-likeness (QED) is 0.431. The van der Waals surface area contributed by atoms with E-state index in [9.17, 15) is 0 Å². The molecule has 3 N–H and O–H groups in total. The molecule has 0 atom stereocenters. The van der Waals surface area contributed by atoms with E-state index in [1.54, 1.807) is 6.26 Å². The van der Waals surface area contributed by atoms with E-state index in [1.807, 2.05) is 35.0 Å². The molecular weight excluding hydrogens is 414 g/mol. The molecule has 1 aliphatic heterocycles. The Morgan fingerprint density at radius 1 is 0.879 bits per heavy atom. The molecular formula is C25H23N7O. The third kappa shape index (κ3) is 3.44. The third-order valence-electron chi connectivity index (χ3n) is 6.26. The zero-order valence-electron chi connectivity index (χ0n) is 18.0. The summed E-state index contributed by atoms with van der Waals surface area (Å²) in [4.78, 5) is 8.77. The van der Waals surface area contributed by atoms with Crippen LogP contribution in [0.25, 0.3) is 44.7 Å². The van der Waals surface area contributed by atoms with Crippen molar-refractivity contribution in [2.75, 3.05) is 18.8 Å². The average molecular weight is 438 g/mol. The van der Waals surface area contributed by atoms with Crippen LogP contribution in [0.1, 0.15) is 18.9 Å². The van der Waals surface area contributed by atoms with Gasteiger partial charge in [-0.3, -0.25) is 0 Å². The van der Waals surface area contributed by atoms with E-state index in [-0.39, 0.29) is 0 Å². The molecule has 0 amide bonds. The molecule has 33 heavy (non-hydrogen) atoms. The average Bonchev–Trinajstić information content (AvgIpc) is 3.52. The van der Waals surface area contributed by atoms with Crippen LogP contribution in [-0.2, 0) is 0 Å². The van der Waals surface area contributed by atoms with Crippen LogP contribution in [0.2, 0.25) is 0 Å². The summed E-state index contributed by atoms with van der Waals surface area (Å²) in [5.41, 5.74) is 12.7. The highest BCUT2D eigenvalue weighted by Gasteiger charge is 2.23. The number of nitrogen functional groups attached to an aromatic ring is 1. The fourth-order valence-electron chi connectivity index (χ4n) is 4.56.